The maximum absolute atomic E-state index is 12.2. The van der Waals surface area contributed by atoms with Crippen molar-refractivity contribution in [1.82, 2.24) is 15.1 Å². The van der Waals surface area contributed by atoms with E-state index < -0.39 is 0 Å². The molecular weight excluding hydrogens is 308 g/mol. The highest BCUT2D eigenvalue weighted by Gasteiger charge is 2.27. The summed E-state index contributed by atoms with van der Waals surface area (Å²) in [5.74, 6) is 0. The predicted molar refractivity (Wildman–Crippen MR) is 80.7 cm³/mol. The van der Waals surface area contributed by atoms with Crippen molar-refractivity contribution in [3.05, 3.63) is 21.0 Å². The average Bonchev–Trinajstić information content (AvgIpc) is 2.35. The SMILES string of the molecule is CC(C)n1ncc(NC2(C)CCNCC2)c(Br)c1=O. The standard InChI is InChI=1S/C13H21BrN4O/c1-9(2)18-12(19)11(14)10(8-16-18)17-13(3)4-6-15-7-5-13/h8-9,15,17H,4-7H2,1-3H3. The largest absolute Gasteiger partial charge is 0.377 e. The summed E-state index contributed by atoms with van der Waals surface area (Å²) in [4.78, 5) is 12.2. The molecule has 0 amide bonds. The molecule has 1 aliphatic rings. The Kier molecular flexibility index (Phi) is 4.30. The summed E-state index contributed by atoms with van der Waals surface area (Å²) in [6, 6.07) is 0.0623. The zero-order valence-corrected chi connectivity index (χ0v) is 13.2. The minimum atomic E-state index is -0.0856. The van der Waals surface area contributed by atoms with Gasteiger partial charge < -0.3 is 10.6 Å². The zero-order chi connectivity index (χ0) is 14.0. The van der Waals surface area contributed by atoms with Crippen LogP contribution in [-0.4, -0.2) is 28.4 Å². The number of nitrogens with one attached hydrogen (secondary N) is 2. The van der Waals surface area contributed by atoms with E-state index in [1.165, 1.54) is 4.68 Å². The number of hydrogen-bond acceptors (Lipinski definition) is 4. The highest BCUT2D eigenvalue weighted by molar-refractivity contribution is 9.10. The highest BCUT2D eigenvalue weighted by atomic mass is 79.9. The third-order valence-corrected chi connectivity index (χ3v) is 4.34. The molecule has 1 aromatic heterocycles. The molecule has 0 radical (unpaired) electrons. The monoisotopic (exact) mass is 328 g/mol. The van der Waals surface area contributed by atoms with Crippen LogP contribution < -0.4 is 16.2 Å². The van der Waals surface area contributed by atoms with Crippen molar-refractivity contribution >= 4 is 21.6 Å². The molecule has 19 heavy (non-hydrogen) atoms. The van der Waals surface area contributed by atoms with Crippen molar-refractivity contribution in [3.8, 4) is 0 Å². The first kappa shape index (κ1) is 14.5. The van der Waals surface area contributed by atoms with Gasteiger partial charge in [0.15, 0.2) is 0 Å². The van der Waals surface area contributed by atoms with Gasteiger partial charge in [-0.25, -0.2) is 4.68 Å². The number of hydrogen-bond donors (Lipinski definition) is 2. The van der Waals surface area contributed by atoms with Gasteiger partial charge in [0, 0.05) is 5.54 Å². The van der Waals surface area contributed by atoms with Crippen LogP contribution in [-0.2, 0) is 0 Å². The summed E-state index contributed by atoms with van der Waals surface area (Å²) in [5.41, 5.74) is 0.718. The molecule has 5 nitrogen and oxygen atoms in total. The van der Waals surface area contributed by atoms with Crippen molar-refractivity contribution in [1.29, 1.82) is 0 Å². The molecule has 0 spiro atoms. The third-order valence-electron chi connectivity index (χ3n) is 3.58. The quantitative estimate of drug-likeness (QED) is 0.892. The van der Waals surface area contributed by atoms with E-state index in [4.69, 9.17) is 0 Å². The molecule has 2 rings (SSSR count). The Morgan fingerprint density at radius 2 is 2.11 bits per heavy atom. The van der Waals surface area contributed by atoms with Crippen molar-refractivity contribution in [2.75, 3.05) is 18.4 Å². The summed E-state index contributed by atoms with van der Waals surface area (Å²) in [7, 11) is 0. The van der Waals surface area contributed by atoms with Crippen LogP contribution in [0.3, 0.4) is 0 Å². The van der Waals surface area contributed by atoms with Crippen LogP contribution in [0.4, 0.5) is 5.69 Å². The fourth-order valence-electron chi connectivity index (χ4n) is 2.33. The maximum atomic E-state index is 12.2. The van der Waals surface area contributed by atoms with Crippen LogP contribution in [0.2, 0.25) is 0 Å². The minimum absolute atomic E-state index is 0.0197. The van der Waals surface area contributed by atoms with E-state index in [9.17, 15) is 4.79 Å². The van der Waals surface area contributed by atoms with E-state index in [-0.39, 0.29) is 17.1 Å². The summed E-state index contributed by atoms with van der Waals surface area (Å²) in [6.45, 7) is 8.08. The normalized spacial score (nSPS) is 18.6. The number of halogens is 1. The maximum Gasteiger partial charge on any atom is 0.283 e. The molecular formula is C13H21BrN4O. The average molecular weight is 329 g/mol. The Bertz CT molecular complexity index is 506. The molecule has 0 aromatic carbocycles. The summed E-state index contributed by atoms with van der Waals surface area (Å²) in [5, 5.41) is 11.0. The van der Waals surface area contributed by atoms with E-state index in [1.54, 1.807) is 6.20 Å². The Morgan fingerprint density at radius 1 is 1.47 bits per heavy atom. The summed E-state index contributed by atoms with van der Waals surface area (Å²) < 4.78 is 2.05. The zero-order valence-electron chi connectivity index (χ0n) is 11.7. The van der Waals surface area contributed by atoms with Gasteiger partial charge in [-0.3, -0.25) is 4.79 Å². The Hall–Kier alpha value is -0.880. The lowest BCUT2D eigenvalue weighted by atomic mass is 9.90. The fraction of sp³-hybridized carbons (Fsp3) is 0.692. The van der Waals surface area contributed by atoms with Gasteiger partial charge >= 0.3 is 0 Å². The van der Waals surface area contributed by atoms with Gasteiger partial charge in [0.1, 0.15) is 4.47 Å². The fourth-order valence-corrected chi connectivity index (χ4v) is 2.71. The van der Waals surface area contributed by atoms with Gasteiger partial charge in [-0.05, 0) is 62.6 Å². The first-order chi connectivity index (χ1) is 8.93. The molecule has 1 fully saturated rings. The van der Waals surface area contributed by atoms with Crippen molar-refractivity contribution in [3.63, 3.8) is 0 Å². The summed E-state index contributed by atoms with van der Waals surface area (Å²) >= 11 is 3.40. The lowest BCUT2D eigenvalue weighted by Gasteiger charge is -2.36. The molecule has 0 bridgehead atoms. The molecule has 1 aliphatic heterocycles. The van der Waals surface area contributed by atoms with Gasteiger partial charge in [0.2, 0.25) is 0 Å². The van der Waals surface area contributed by atoms with Gasteiger partial charge in [0.25, 0.3) is 5.56 Å². The second-order valence-corrected chi connectivity index (χ2v) is 6.44. The van der Waals surface area contributed by atoms with Crippen LogP contribution in [0.15, 0.2) is 15.5 Å². The van der Waals surface area contributed by atoms with Crippen molar-refractivity contribution in [2.45, 2.75) is 45.2 Å². The van der Waals surface area contributed by atoms with E-state index in [1.807, 2.05) is 13.8 Å². The number of aromatic nitrogens is 2. The van der Waals surface area contributed by atoms with Crippen LogP contribution in [0.5, 0.6) is 0 Å². The van der Waals surface area contributed by atoms with Crippen LogP contribution in [0.25, 0.3) is 0 Å². The first-order valence-electron chi connectivity index (χ1n) is 6.69. The number of piperidine rings is 1. The highest BCUT2D eigenvalue weighted by Crippen LogP contribution is 2.26. The molecule has 6 heteroatoms. The lowest BCUT2D eigenvalue weighted by Crippen LogP contribution is -2.45. The van der Waals surface area contributed by atoms with E-state index in [2.05, 4.69) is 38.6 Å². The van der Waals surface area contributed by atoms with E-state index in [0.717, 1.165) is 31.6 Å². The molecule has 1 aromatic rings. The molecule has 2 heterocycles. The van der Waals surface area contributed by atoms with Gasteiger partial charge in [-0.2, -0.15) is 5.10 Å². The predicted octanol–water partition coefficient (Wildman–Crippen LogP) is 2.14. The van der Waals surface area contributed by atoms with E-state index >= 15 is 0 Å². The molecule has 0 saturated carbocycles. The molecule has 2 N–H and O–H groups in total. The van der Waals surface area contributed by atoms with Gasteiger partial charge in [-0.15, -0.1) is 0 Å². The van der Waals surface area contributed by atoms with Crippen LogP contribution in [0, 0.1) is 0 Å². The van der Waals surface area contributed by atoms with Crippen LogP contribution >= 0.6 is 15.9 Å². The summed E-state index contributed by atoms with van der Waals surface area (Å²) in [6.07, 6.45) is 3.80. The van der Waals surface area contributed by atoms with E-state index in [0.29, 0.717) is 4.47 Å². The molecule has 0 atom stereocenters. The second kappa shape index (κ2) is 5.63. The number of rotatable bonds is 3. The molecule has 1 saturated heterocycles. The minimum Gasteiger partial charge on any atom is -0.377 e. The Morgan fingerprint density at radius 3 is 2.68 bits per heavy atom. The second-order valence-electron chi connectivity index (χ2n) is 5.65. The van der Waals surface area contributed by atoms with Gasteiger partial charge in [0.05, 0.1) is 17.9 Å². The molecule has 0 unspecified atom stereocenters. The molecule has 106 valence electrons. The van der Waals surface area contributed by atoms with Crippen LogP contribution in [0.1, 0.15) is 39.7 Å². The number of anilines is 1. The Labute approximate surface area is 121 Å². The lowest BCUT2D eigenvalue weighted by molar-refractivity contribution is 0.364. The number of nitrogens with zero attached hydrogens (tertiary/aromatic N) is 2. The first-order valence-corrected chi connectivity index (χ1v) is 7.48. The topological polar surface area (TPSA) is 59.0 Å². The van der Waals surface area contributed by atoms with Gasteiger partial charge in [-0.1, -0.05) is 0 Å². The smallest absolute Gasteiger partial charge is 0.283 e. The third kappa shape index (κ3) is 3.17. The van der Waals surface area contributed by atoms with Crippen molar-refractivity contribution in [2.24, 2.45) is 0 Å². The Balaban J connectivity index is 2.26. The molecule has 0 aliphatic carbocycles. The van der Waals surface area contributed by atoms with Crippen molar-refractivity contribution < 1.29 is 0 Å².